The Kier molecular flexibility index (Phi) is 3.71. The van der Waals surface area contributed by atoms with Crippen molar-refractivity contribution in [3.63, 3.8) is 0 Å². The number of H-pyrrole nitrogens is 1. The molecular weight excluding hydrogens is 254 g/mol. The maximum absolute atomic E-state index is 12.1. The highest BCUT2D eigenvalue weighted by Crippen LogP contribution is 2.18. The molecule has 1 unspecified atom stereocenters. The minimum absolute atomic E-state index is 0.106. The van der Waals surface area contributed by atoms with Crippen LogP contribution in [-0.2, 0) is 16.0 Å². The van der Waals surface area contributed by atoms with E-state index in [1.807, 2.05) is 30.5 Å². The summed E-state index contributed by atoms with van der Waals surface area (Å²) < 4.78 is 5.24. The van der Waals surface area contributed by atoms with E-state index in [0.717, 1.165) is 22.9 Å². The van der Waals surface area contributed by atoms with Crippen LogP contribution >= 0.6 is 0 Å². The Morgan fingerprint density at radius 1 is 1.50 bits per heavy atom. The molecule has 5 nitrogen and oxygen atoms in total. The van der Waals surface area contributed by atoms with Crippen molar-refractivity contribution in [3.05, 3.63) is 36.0 Å². The molecule has 1 aromatic carbocycles. The Morgan fingerprint density at radius 3 is 3.15 bits per heavy atom. The van der Waals surface area contributed by atoms with Gasteiger partial charge in [0.25, 0.3) is 0 Å². The average molecular weight is 273 g/mol. The molecule has 0 bridgehead atoms. The van der Waals surface area contributed by atoms with Crippen molar-refractivity contribution in [1.29, 1.82) is 0 Å². The first-order valence-corrected chi connectivity index (χ1v) is 6.93. The predicted molar refractivity (Wildman–Crippen MR) is 77.3 cm³/mol. The molecule has 1 amide bonds. The van der Waals surface area contributed by atoms with E-state index in [4.69, 9.17) is 10.5 Å². The summed E-state index contributed by atoms with van der Waals surface area (Å²) in [6.07, 6.45) is 3.32. The van der Waals surface area contributed by atoms with E-state index in [-0.39, 0.29) is 11.9 Å². The van der Waals surface area contributed by atoms with Crippen LogP contribution in [-0.4, -0.2) is 36.2 Å². The van der Waals surface area contributed by atoms with E-state index in [1.54, 1.807) is 0 Å². The summed E-state index contributed by atoms with van der Waals surface area (Å²) in [5, 5.41) is 4.06. The molecule has 2 heterocycles. The van der Waals surface area contributed by atoms with Crippen molar-refractivity contribution >= 4 is 16.8 Å². The van der Waals surface area contributed by atoms with E-state index >= 15 is 0 Å². The summed E-state index contributed by atoms with van der Waals surface area (Å²) in [6.45, 7) is 1.30. The molecule has 0 aliphatic carbocycles. The highest BCUT2D eigenvalue weighted by molar-refractivity contribution is 5.86. The number of benzene rings is 1. The van der Waals surface area contributed by atoms with E-state index < -0.39 is 6.04 Å². The number of hydrogen-bond donors (Lipinski definition) is 3. The lowest BCUT2D eigenvalue weighted by Gasteiger charge is -2.15. The van der Waals surface area contributed by atoms with Gasteiger partial charge in [-0.1, -0.05) is 18.2 Å². The molecule has 20 heavy (non-hydrogen) atoms. The standard InChI is InChI=1S/C15H19N3O2/c16-13(15(19)18-11-5-6-20-9-11)7-10-8-17-14-4-2-1-3-12(10)14/h1-4,8,11,13,17H,5-7,9,16H2,(H,18,19)/t11?,13-/m0/s1. The molecule has 4 N–H and O–H groups in total. The third-order valence-electron chi connectivity index (χ3n) is 3.73. The first-order chi connectivity index (χ1) is 9.74. The smallest absolute Gasteiger partial charge is 0.237 e. The van der Waals surface area contributed by atoms with Gasteiger partial charge in [-0.25, -0.2) is 0 Å². The molecule has 0 spiro atoms. The fourth-order valence-corrected chi connectivity index (χ4v) is 2.59. The molecule has 1 aromatic heterocycles. The molecule has 3 rings (SSSR count). The number of carbonyl (C=O) groups excluding carboxylic acids is 1. The zero-order valence-electron chi connectivity index (χ0n) is 11.3. The van der Waals surface area contributed by atoms with Gasteiger partial charge in [0.15, 0.2) is 0 Å². The molecule has 5 heteroatoms. The summed E-state index contributed by atoms with van der Waals surface area (Å²) in [7, 11) is 0. The largest absolute Gasteiger partial charge is 0.379 e. The first kappa shape index (κ1) is 13.1. The highest BCUT2D eigenvalue weighted by Gasteiger charge is 2.22. The van der Waals surface area contributed by atoms with Crippen molar-refractivity contribution < 1.29 is 9.53 Å². The Bertz CT molecular complexity index is 602. The second-order valence-electron chi connectivity index (χ2n) is 5.24. The van der Waals surface area contributed by atoms with Gasteiger partial charge in [0.2, 0.25) is 5.91 Å². The van der Waals surface area contributed by atoms with Crippen molar-refractivity contribution in [3.8, 4) is 0 Å². The van der Waals surface area contributed by atoms with Gasteiger partial charge in [-0.15, -0.1) is 0 Å². The lowest BCUT2D eigenvalue weighted by atomic mass is 10.0. The number of aromatic amines is 1. The van der Waals surface area contributed by atoms with Crippen LogP contribution in [0.5, 0.6) is 0 Å². The molecule has 2 aromatic rings. The fourth-order valence-electron chi connectivity index (χ4n) is 2.59. The van der Waals surface area contributed by atoms with E-state index in [0.29, 0.717) is 19.6 Å². The minimum atomic E-state index is -0.533. The lowest BCUT2D eigenvalue weighted by Crippen LogP contribution is -2.46. The summed E-state index contributed by atoms with van der Waals surface area (Å²) >= 11 is 0. The fraction of sp³-hybridized carbons (Fsp3) is 0.400. The van der Waals surface area contributed by atoms with E-state index in [1.165, 1.54) is 0 Å². The summed E-state index contributed by atoms with van der Waals surface area (Å²) in [5.41, 5.74) is 8.15. The number of aromatic nitrogens is 1. The molecule has 106 valence electrons. The zero-order valence-corrected chi connectivity index (χ0v) is 11.3. The van der Waals surface area contributed by atoms with Gasteiger partial charge in [0, 0.05) is 23.7 Å². The van der Waals surface area contributed by atoms with Crippen LogP contribution < -0.4 is 11.1 Å². The maximum Gasteiger partial charge on any atom is 0.237 e. The molecule has 0 saturated carbocycles. The number of hydrogen-bond acceptors (Lipinski definition) is 3. The van der Waals surface area contributed by atoms with Crippen LogP contribution in [0.1, 0.15) is 12.0 Å². The van der Waals surface area contributed by atoms with Crippen molar-refractivity contribution in [2.75, 3.05) is 13.2 Å². The first-order valence-electron chi connectivity index (χ1n) is 6.93. The SMILES string of the molecule is N[C@@H](Cc1c[nH]c2ccccc12)C(=O)NC1CCOC1. The maximum atomic E-state index is 12.1. The summed E-state index contributed by atoms with van der Waals surface area (Å²) in [6, 6.07) is 7.60. The van der Waals surface area contributed by atoms with Gasteiger partial charge in [0.1, 0.15) is 0 Å². The number of carbonyl (C=O) groups is 1. The number of rotatable bonds is 4. The van der Waals surface area contributed by atoms with Gasteiger partial charge >= 0.3 is 0 Å². The van der Waals surface area contributed by atoms with E-state index in [2.05, 4.69) is 10.3 Å². The molecule has 1 aliphatic rings. The molecule has 1 saturated heterocycles. The predicted octanol–water partition coefficient (Wildman–Crippen LogP) is 0.943. The Morgan fingerprint density at radius 2 is 2.35 bits per heavy atom. The monoisotopic (exact) mass is 273 g/mol. The molecular formula is C15H19N3O2. The second kappa shape index (κ2) is 5.64. The average Bonchev–Trinajstić information content (AvgIpc) is 3.09. The quantitative estimate of drug-likeness (QED) is 0.775. The minimum Gasteiger partial charge on any atom is -0.379 e. The molecule has 1 aliphatic heterocycles. The highest BCUT2D eigenvalue weighted by atomic mass is 16.5. The summed E-state index contributed by atoms with van der Waals surface area (Å²) in [5.74, 6) is -0.106. The zero-order chi connectivity index (χ0) is 13.9. The number of para-hydroxylation sites is 1. The van der Waals surface area contributed by atoms with Crippen molar-refractivity contribution in [2.24, 2.45) is 5.73 Å². The lowest BCUT2D eigenvalue weighted by molar-refractivity contribution is -0.123. The van der Waals surface area contributed by atoms with Crippen LogP contribution in [0.3, 0.4) is 0 Å². The van der Waals surface area contributed by atoms with Crippen LogP contribution in [0.15, 0.2) is 30.5 Å². The third-order valence-corrected chi connectivity index (χ3v) is 3.73. The number of amides is 1. The number of nitrogens with two attached hydrogens (primary N) is 1. The second-order valence-corrected chi connectivity index (χ2v) is 5.24. The third kappa shape index (κ3) is 2.69. The van der Waals surface area contributed by atoms with Crippen LogP contribution in [0, 0.1) is 0 Å². The van der Waals surface area contributed by atoms with Gasteiger partial charge in [-0.05, 0) is 24.5 Å². The van der Waals surface area contributed by atoms with Gasteiger partial charge < -0.3 is 20.8 Å². The van der Waals surface area contributed by atoms with Gasteiger partial charge in [0.05, 0.1) is 18.7 Å². The Labute approximate surface area is 117 Å². The Balaban J connectivity index is 1.65. The number of fused-ring (bicyclic) bond motifs is 1. The van der Waals surface area contributed by atoms with E-state index in [9.17, 15) is 4.79 Å². The molecule has 2 atom stereocenters. The van der Waals surface area contributed by atoms with Gasteiger partial charge in [-0.3, -0.25) is 4.79 Å². The number of nitrogens with one attached hydrogen (secondary N) is 2. The Hall–Kier alpha value is -1.85. The van der Waals surface area contributed by atoms with Gasteiger partial charge in [-0.2, -0.15) is 0 Å². The molecule has 0 radical (unpaired) electrons. The van der Waals surface area contributed by atoms with Crippen molar-refractivity contribution in [1.82, 2.24) is 10.3 Å². The molecule has 1 fully saturated rings. The summed E-state index contributed by atoms with van der Waals surface area (Å²) in [4.78, 5) is 15.3. The number of ether oxygens (including phenoxy) is 1. The van der Waals surface area contributed by atoms with Crippen molar-refractivity contribution in [2.45, 2.75) is 24.9 Å². The van der Waals surface area contributed by atoms with Crippen LogP contribution in [0.2, 0.25) is 0 Å². The van der Waals surface area contributed by atoms with Crippen LogP contribution in [0.4, 0.5) is 0 Å². The van der Waals surface area contributed by atoms with Crippen LogP contribution in [0.25, 0.3) is 10.9 Å². The normalized spacial score (nSPS) is 20.1. The topological polar surface area (TPSA) is 80.1 Å².